The lowest BCUT2D eigenvalue weighted by atomic mass is 9.99. The number of phosphoric ester groups is 1. The van der Waals surface area contributed by atoms with E-state index in [1.165, 1.54) is 64.2 Å². The second-order valence-electron chi connectivity index (χ2n) is 13.2. The van der Waals surface area contributed by atoms with Crippen LogP contribution in [0.3, 0.4) is 0 Å². The van der Waals surface area contributed by atoms with Crippen molar-refractivity contribution in [3.63, 3.8) is 0 Å². The maximum atomic E-state index is 12.3. The second-order valence-corrected chi connectivity index (χ2v) is 14.4. The summed E-state index contributed by atoms with van der Waals surface area (Å²) in [6.07, 6.45) is 33.4. The Hall–Kier alpha value is -1.77. The van der Waals surface area contributed by atoms with Crippen molar-refractivity contribution in [1.29, 1.82) is 0 Å². The van der Waals surface area contributed by atoms with Crippen LogP contribution in [0.4, 0.5) is 0 Å². The number of carbonyl (C=O) groups excluding carboxylic acids is 2. The van der Waals surface area contributed by atoms with Crippen LogP contribution in [-0.4, -0.2) is 53.3 Å². The first-order chi connectivity index (χ1) is 23.1. The smallest absolute Gasteiger partial charge is 0.462 e. The molecule has 48 heavy (non-hydrogen) atoms. The molecule has 0 radical (unpaired) electrons. The van der Waals surface area contributed by atoms with Crippen molar-refractivity contribution in [2.24, 2.45) is 5.92 Å². The highest BCUT2D eigenvalue weighted by Gasteiger charge is 2.36. The van der Waals surface area contributed by atoms with Gasteiger partial charge in [0.05, 0.1) is 18.8 Å². The predicted molar refractivity (Wildman–Crippen MR) is 192 cm³/mol. The summed E-state index contributed by atoms with van der Waals surface area (Å²) in [6.45, 7) is 5.90. The molecule has 9 nitrogen and oxygen atoms in total. The number of esters is 2. The molecule has 3 unspecified atom stereocenters. The molecule has 278 valence electrons. The highest BCUT2D eigenvalue weighted by atomic mass is 31.2. The quantitative estimate of drug-likeness (QED) is 0.0232. The molecule has 1 rings (SSSR count). The first-order valence-electron chi connectivity index (χ1n) is 18.8. The van der Waals surface area contributed by atoms with E-state index < -0.39 is 32.5 Å². The lowest BCUT2D eigenvalue weighted by Gasteiger charge is -2.18. The standard InChI is InChI=1S/C38H67O9P/c1-4-6-21-27-35-36(47-35)28-23-18-14-9-7-8-10-15-19-24-29-37(39)44-31-34(32-45-48(41,42)43)46-38(40)30-25-20-16-12-11-13-17-22-26-33(3)5-2/h7,9-10,15,18,23,33-36H,4-6,8,11-14,16-17,19-22,24-32H2,1-3H3,(H2,41,42,43)/b9-7-,15-10-,23-18-/t33?,34-,35?,36?/m1/s1. The van der Waals surface area contributed by atoms with Gasteiger partial charge in [-0.15, -0.1) is 0 Å². The van der Waals surface area contributed by atoms with Crippen molar-refractivity contribution in [1.82, 2.24) is 0 Å². The molecule has 10 heteroatoms. The van der Waals surface area contributed by atoms with E-state index >= 15 is 0 Å². The van der Waals surface area contributed by atoms with Crippen molar-refractivity contribution in [3.8, 4) is 0 Å². The molecule has 0 aliphatic carbocycles. The minimum atomic E-state index is -4.76. The number of allylic oxidation sites excluding steroid dienone is 5. The van der Waals surface area contributed by atoms with Crippen molar-refractivity contribution < 1.29 is 42.7 Å². The SMILES string of the molecule is CCCCCC1OC1C/C=C\C/C=C\C/C=C\CCCC(=O)OC[C@H](COP(=O)(O)O)OC(=O)CCCCCCCCCCC(C)CC. The van der Waals surface area contributed by atoms with Gasteiger partial charge in [-0.2, -0.15) is 0 Å². The Morgan fingerprint density at radius 2 is 1.38 bits per heavy atom. The van der Waals surface area contributed by atoms with Crippen LogP contribution in [0.15, 0.2) is 36.5 Å². The van der Waals surface area contributed by atoms with Crippen molar-refractivity contribution in [2.45, 2.75) is 174 Å². The van der Waals surface area contributed by atoms with Gasteiger partial charge in [0.1, 0.15) is 6.61 Å². The van der Waals surface area contributed by atoms with Crippen LogP contribution in [0.5, 0.6) is 0 Å². The fourth-order valence-corrected chi connectivity index (χ4v) is 5.68. The van der Waals surface area contributed by atoms with E-state index in [2.05, 4.69) is 55.7 Å². The summed E-state index contributed by atoms with van der Waals surface area (Å²) in [5.41, 5.74) is 0. The summed E-state index contributed by atoms with van der Waals surface area (Å²) in [6, 6.07) is 0. The zero-order chi connectivity index (χ0) is 35.3. The molecule has 0 bridgehead atoms. The van der Waals surface area contributed by atoms with E-state index in [1.807, 2.05) is 6.08 Å². The Balaban J connectivity index is 2.14. The molecule has 1 saturated heterocycles. The van der Waals surface area contributed by atoms with Crippen LogP contribution in [0.1, 0.15) is 156 Å². The molecule has 1 aliphatic rings. The molecule has 0 spiro atoms. The Morgan fingerprint density at radius 1 is 0.750 bits per heavy atom. The molecule has 0 aromatic carbocycles. The van der Waals surface area contributed by atoms with Crippen molar-refractivity contribution in [3.05, 3.63) is 36.5 Å². The van der Waals surface area contributed by atoms with Crippen LogP contribution in [0.2, 0.25) is 0 Å². The number of hydrogen-bond acceptors (Lipinski definition) is 7. The van der Waals surface area contributed by atoms with Crippen LogP contribution < -0.4 is 0 Å². The number of rotatable bonds is 32. The average Bonchev–Trinajstić information content (AvgIpc) is 3.80. The fourth-order valence-electron chi connectivity index (χ4n) is 5.32. The van der Waals surface area contributed by atoms with Gasteiger partial charge in [-0.3, -0.25) is 14.1 Å². The van der Waals surface area contributed by atoms with Gasteiger partial charge in [-0.1, -0.05) is 134 Å². The molecular formula is C38H67O9P. The van der Waals surface area contributed by atoms with Gasteiger partial charge in [0.2, 0.25) is 0 Å². The third-order valence-electron chi connectivity index (χ3n) is 8.63. The molecule has 0 aromatic rings. The molecule has 1 aliphatic heterocycles. The summed E-state index contributed by atoms with van der Waals surface area (Å²) in [5, 5.41) is 0. The zero-order valence-corrected chi connectivity index (χ0v) is 31.1. The molecule has 4 atom stereocenters. The van der Waals surface area contributed by atoms with E-state index in [0.717, 1.165) is 50.9 Å². The Kier molecular flexibility index (Phi) is 26.7. The van der Waals surface area contributed by atoms with Crippen molar-refractivity contribution >= 4 is 19.8 Å². The number of carbonyl (C=O) groups is 2. The first-order valence-corrected chi connectivity index (χ1v) is 20.3. The lowest BCUT2D eigenvalue weighted by molar-refractivity contribution is -0.161. The topological polar surface area (TPSA) is 132 Å². The summed E-state index contributed by atoms with van der Waals surface area (Å²) >= 11 is 0. The first kappa shape index (κ1) is 44.3. The number of hydrogen-bond donors (Lipinski definition) is 2. The van der Waals surface area contributed by atoms with Crippen LogP contribution in [-0.2, 0) is 32.9 Å². The van der Waals surface area contributed by atoms with Crippen LogP contribution >= 0.6 is 7.82 Å². The van der Waals surface area contributed by atoms with Crippen LogP contribution in [0, 0.1) is 5.92 Å². The van der Waals surface area contributed by atoms with E-state index in [0.29, 0.717) is 25.0 Å². The summed E-state index contributed by atoms with van der Waals surface area (Å²) in [7, 11) is -4.76. The average molecular weight is 699 g/mol. The van der Waals surface area contributed by atoms with E-state index in [1.54, 1.807) is 0 Å². The predicted octanol–water partition coefficient (Wildman–Crippen LogP) is 9.85. The monoisotopic (exact) mass is 698 g/mol. The number of unbranched alkanes of at least 4 members (excludes halogenated alkanes) is 10. The summed E-state index contributed by atoms with van der Waals surface area (Å²) < 4.78 is 31.9. The maximum absolute atomic E-state index is 12.3. The van der Waals surface area contributed by atoms with Gasteiger partial charge in [0, 0.05) is 12.8 Å². The Morgan fingerprint density at radius 3 is 2.04 bits per heavy atom. The Labute approximate surface area is 291 Å². The van der Waals surface area contributed by atoms with Gasteiger partial charge < -0.3 is 24.0 Å². The molecular weight excluding hydrogens is 631 g/mol. The van der Waals surface area contributed by atoms with E-state index in [4.69, 9.17) is 24.0 Å². The number of epoxide rings is 1. The van der Waals surface area contributed by atoms with Crippen molar-refractivity contribution in [2.75, 3.05) is 13.2 Å². The molecule has 0 aromatic heterocycles. The van der Waals surface area contributed by atoms with Crippen LogP contribution in [0.25, 0.3) is 0 Å². The normalized spacial score (nSPS) is 17.8. The summed E-state index contributed by atoms with van der Waals surface area (Å²) in [4.78, 5) is 42.7. The highest BCUT2D eigenvalue weighted by molar-refractivity contribution is 7.46. The van der Waals surface area contributed by atoms with Gasteiger partial charge in [0.25, 0.3) is 0 Å². The second kappa shape index (κ2) is 29.0. The van der Waals surface area contributed by atoms with Gasteiger partial charge in [-0.05, 0) is 50.9 Å². The molecule has 0 amide bonds. The summed E-state index contributed by atoms with van der Waals surface area (Å²) in [5.74, 6) is -0.142. The molecule has 0 saturated carbocycles. The van der Waals surface area contributed by atoms with E-state index in [-0.39, 0.29) is 19.4 Å². The molecule has 1 fully saturated rings. The van der Waals surface area contributed by atoms with Gasteiger partial charge in [-0.25, -0.2) is 4.57 Å². The molecule has 2 N–H and O–H groups in total. The highest BCUT2D eigenvalue weighted by Crippen LogP contribution is 2.36. The van der Waals surface area contributed by atoms with Gasteiger partial charge >= 0.3 is 19.8 Å². The lowest BCUT2D eigenvalue weighted by Crippen LogP contribution is -2.29. The maximum Gasteiger partial charge on any atom is 0.469 e. The zero-order valence-electron chi connectivity index (χ0n) is 30.2. The largest absolute Gasteiger partial charge is 0.469 e. The fraction of sp³-hybridized carbons (Fsp3) is 0.789. The third-order valence-corrected chi connectivity index (χ3v) is 9.11. The minimum Gasteiger partial charge on any atom is -0.462 e. The molecule has 1 heterocycles. The third kappa shape index (κ3) is 28.1. The number of ether oxygens (including phenoxy) is 3. The van der Waals surface area contributed by atoms with E-state index in [9.17, 15) is 14.2 Å². The minimum absolute atomic E-state index is 0.188. The Bertz CT molecular complexity index is 958. The van der Waals surface area contributed by atoms with Gasteiger partial charge in [0.15, 0.2) is 6.10 Å². The number of phosphoric acid groups is 1.